The van der Waals surface area contributed by atoms with Gasteiger partial charge in [0.05, 0.1) is 5.56 Å². The molecule has 0 spiro atoms. The highest BCUT2D eigenvalue weighted by Gasteiger charge is 2.19. The van der Waals surface area contributed by atoms with Gasteiger partial charge in [-0.05, 0) is 50.0 Å². The van der Waals surface area contributed by atoms with Crippen LogP contribution in [0.5, 0.6) is 0 Å². The third kappa shape index (κ3) is 4.56. The average molecular weight is 309 g/mol. The molecule has 1 heterocycles. The van der Waals surface area contributed by atoms with Crippen molar-refractivity contribution in [3.63, 3.8) is 0 Å². The van der Waals surface area contributed by atoms with Crippen LogP contribution in [0.1, 0.15) is 59.8 Å². The van der Waals surface area contributed by atoms with Crippen LogP contribution in [-0.2, 0) is 17.6 Å². The van der Waals surface area contributed by atoms with E-state index in [0.29, 0.717) is 18.9 Å². The van der Waals surface area contributed by atoms with Gasteiger partial charge in [-0.2, -0.15) is 0 Å². The lowest BCUT2D eigenvalue weighted by atomic mass is 9.95. The van der Waals surface area contributed by atoms with E-state index in [1.807, 2.05) is 12.3 Å². The molecule has 116 valence electrons. The molecule has 0 fully saturated rings. The van der Waals surface area contributed by atoms with Crippen molar-refractivity contribution < 1.29 is 14.7 Å². The minimum Gasteiger partial charge on any atom is -0.481 e. The van der Waals surface area contributed by atoms with E-state index in [0.717, 1.165) is 24.8 Å². The standard InChI is InChI=1S/C16H23NO3S/c1-11(6-7-15(18)19)8-9-17-16(20)13-10-21-14-5-3-2-4-12(13)14/h10-11H,2-9H2,1H3,(H,17,20)(H,18,19). The number of carbonyl (C=O) groups is 2. The third-order valence-electron chi connectivity index (χ3n) is 4.08. The van der Waals surface area contributed by atoms with Gasteiger partial charge < -0.3 is 10.4 Å². The molecule has 0 bridgehead atoms. The Kier molecular flexibility index (Phi) is 5.79. The van der Waals surface area contributed by atoms with Crippen LogP contribution in [0.15, 0.2) is 5.38 Å². The van der Waals surface area contributed by atoms with E-state index in [4.69, 9.17) is 5.11 Å². The van der Waals surface area contributed by atoms with Gasteiger partial charge in [-0.1, -0.05) is 6.92 Å². The lowest BCUT2D eigenvalue weighted by Gasteiger charge is -2.13. The van der Waals surface area contributed by atoms with Crippen molar-refractivity contribution in [1.82, 2.24) is 5.32 Å². The molecule has 21 heavy (non-hydrogen) atoms. The Labute approximate surface area is 129 Å². The summed E-state index contributed by atoms with van der Waals surface area (Å²) in [4.78, 5) is 24.1. The summed E-state index contributed by atoms with van der Waals surface area (Å²) in [5.74, 6) is -0.409. The first-order chi connectivity index (χ1) is 10.1. The number of hydrogen-bond donors (Lipinski definition) is 2. The molecule has 0 aliphatic heterocycles. The quantitative estimate of drug-likeness (QED) is 0.812. The number of rotatable bonds is 7. The van der Waals surface area contributed by atoms with Crippen LogP contribution in [0.4, 0.5) is 0 Å². The first kappa shape index (κ1) is 16.0. The Morgan fingerprint density at radius 2 is 2.10 bits per heavy atom. The van der Waals surface area contributed by atoms with E-state index in [-0.39, 0.29) is 12.3 Å². The molecule has 2 N–H and O–H groups in total. The van der Waals surface area contributed by atoms with E-state index in [9.17, 15) is 9.59 Å². The molecule has 1 atom stereocenters. The molecule has 1 amide bonds. The highest BCUT2D eigenvalue weighted by atomic mass is 32.1. The molecule has 1 unspecified atom stereocenters. The van der Waals surface area contributed by atoms with Gasteiger partial charge in [-0.25, -0.2) is 0 Å². The van der Waals surface area contributed by atoms with Gasteiger partial charge in [0.2, 0.25) is 0 Å². The number of thiophene rings is 1. The van der Waals surface area contributed by atoms with Gasteiger partial charge in [0.1, 0.15) is 0 Å². The zero-order valence-electron chi connectivity index (χ0n) is 12.5. The molecule has 4 nitrogen and oxygen atoms in total. The van der Waals surface area contributed by atoms with Crippen LogP contribution < -0.4 is 5.32 Å². The van der Waals surface area contributed by atoms with Crippen molar-refractivity contribution in [3.8, 4) is 0 Å². The largest absolute Gasteiger partial charge is 0.481 e. The minimum atomic E-state index is -0.754. The molecular formula is C16H23NO3S. The Balaban J connectivity index is 1.77. The maximum Gasteiger partial charge on any atom is 0.303 e. The van der Waals surface area contributed by atoms with E-state index in [1.165, 1.54) is 23.3 Å². The van der Waals surface area contributed by atoms with Crippen molar-refractivity contribution in [2.75, 3.05) is 6.54 Å². The predicted octanol–water partition coefficient (Wildman–Crippen LogP) is 3.25. The normalized spacial score (nSPS) is 15.3. The third-order valence-corrected chi connectivity index (χ3v) is 5.17. The number of nitrogens with one attached hydrogen (secondary N) is 1. The molecule has 1 aliphatic carbocycles. The summed E-state index contributed by atoms with van der Waals surface area (Å²) in [7, 11) is 0. The first-order valence-corrected chi connectivity index (χ1v) is 8.55. The predicted molar refractivity (Wildman–Crippen MR) is 83.9 cm³/mol. The van der Waals surface area contributed by atoms with Gasteiger partial charge in [0, 0.05) is 23.2 Å². The summed E-state index contributed by atoms with van der Waals surface area (Å²) in [5, 5.41) is 13.6. The minimum absolute atomic E-state index is 0.0276. The first-order valence-electron chi connectivity index (χ1n) is 7.67. The molecule has 1 aromatic rings. The maximum absolute atomic E-state index is 12.2. The van der Waals surface area contributed by atoms with Crippen LogP contribution in [0.3, 0.4) is 0 Å². The van der Waals surface area contributed by atoms with Crippen molar-refractivity contribution in [3.05, 3.63) is 21.4 Å². The second kappa shape index (κ2) is 7.59. The molecular weight excluding hydrogens is 286 g/mol. The summed E-state index contributed by atoms with van der Waals surface area (Å²) in [6, 6.07) is 0. The summed E-state index contributed by atoms with van der Waals surface area (Å²) in [6.45, 7) is 2.64. The topological polar surface area (TPSA) is 66.4 Å². The highest BCUT2D eigenvalue weighted by Crippen LogP contribution is 2.30. The number of carboxylic acid groups (broad SMARTS) is 1. The number of hydrogen-bond acceptors (Lipinski definition) is 3. The summed E-state index contributed by atoms with van der Waals surface area (Å²) < 4.78 is 0. The van der Waals surface area contributed by atoms with Gasteiger partial charge >= 0.3 is 5.97 Å². The molecule has 0 saturated carbocycles. The van der Waals surface area contributed by atoms with Crippen LogP contribution >= 0.6 is 11.3 Å². The lowest BCUT2D eigenvalue weighted by molar-refractivity contribution is -0.137. The van der Waals surface area contributed by atoms with Crippen LogP contribution in [-0.4, -0.2) is 23.5 Å². The van der Waals surface area contributed by atoms with Crippen LogP contribution in [0.2, 0.25) is 0 Å². The van der Waals surface area contributed by atoms with E-state index < -0.39 is 5.97 Å². The second-order valence-electron chi connectivity index (χ2n) is 5.84. The fraction of sp³-hybridized carbons (Fsp3) is 0.625. The van der Waals surface area contributed by atoms with Crippen molar-refractivity contribution in [2.45, 2.75) is 51.9 Å². The Morgan fingerprint density at radius 1 is 1.33 bits per heavy atom. The molecule has 5 heteroatoms. The van der Waals surface area contributed by atoms with Gasteiger partial charge in [-0.3, -0.25) is 9.59 Å². The van der Waals surface area contributed by atoms with Gasteiger partial charge in [0.15, 0.2) is 0 Å². The number of carboxylic acids is 1. The fourth-order valence-corrected chi connectivity index (χ4v) is 3.85. The van der Waals surface area contributed by atoms with Crippen LogP contribution in [0.25, 0.3) is 0 Å². The smallest absolute Gasteiger partial charge is 0.303 e. The number of amides is 1. The van der Waals surface area contributed by atoms with Crippen LogP contribution in [0, 0.1) is 5.92 Å². The Morgan fingerprint density at radius 3 is 2.86 bits per heavy atom. The Hall–Kier alpha value is -1.36. The summed E-state index contributed by atoms with van der Waals surface area (Å²) in [5.41, 5.74) is 2.11. The Bertz CT molecular complexity index is 510. The number of aliphatic carboxylic acids is 1. The highest BCUT2D eigenvalue weighted by molar-refractivity contribution is 7.10. The second-order valence-corrected chi connectivity index (χ2v) is 6.80. The van der Waals surface area contributed by atoms with Gasteiger partial charge in [-0.15, -0.1) is 11.3 Å². The number of carbonyl (C=O) groups excluding carboxylic acids is 1. The maximum atomic E-state index is 12.2. The van der Waals surface area contributed by atoms with Crippen molar-refractivity contribution in [1.29, 1.82) is 0 Å². The zero-order chi connectivity index (χ0) is 15.2. The molecule has 0 radical (unpaired) electrons. The molecule has 0 aromatic carbocycles. The summed E-state index contributed by atoms with van der Waals surface area (Å²) in [6.07, 6.45) is 6.24. The monoisotopic (exact) mass is 309 g/mol. The lowest BCUT2D eigenvalue weighted by Crippen LogP contribution is -2.26. The zero-order valence-corrected chi connectivity index (χ0v) is 13.3. The average Bonchev–Trinajstić information content (AvgIpc) is 2.89. The van der Waals surface area contributed by atoms with Gasteiger partial charge in [0.25, 0.3) is 5.91 Å². The van der Waals surface area contributed by atoms with Crippen molar-refractivity contribution in [2.24, 2.45) is 5.92 Å². The summed E-state index contributed by atoms with van der Waals surface area (Å²) >= 11 is 1.71. The molecule has 0 saturated heterocycles. The van der Waals surface area contributed by atoms with Crippen molar-refractivity contribution >= 4 is 23.2 Å². The van der Waals surface area contributed by atoms with E-state index in [1.54, 1.807) is 11.3 Å². The molecule has 1 aliphatic rings. The van der Waals surface area contributed by atoms with E-state index in [2.05, 4.69) is 5.32 Å². The fourth-order valence-electron chi connectivity index (χ4n) is 2.73. The molecule has 1 aromatic heterocycles. The number of fused-ring (bicyclic) bond motifs is 1. The number of aryl methyl sites for hydroxylation is 1. The van der Waals surface area contributed by atoms with E-state index >= 15 is 0 Å². The molecule has 2 rings (SSSR count). The SMILES string of the molecule is CC(CCNC(=O)c1csc2c1CCCC2)CCC(=O)O.